The van der Waals surface area contributed by atoms with Gasteiger partial charge in [0.25, 0.3) is 0 Å². The van der Waals surface area contributed by atoms with Crippen LogP contribution in [-0.2, 0) is 0 Å². The number of hydrogen-bond acceptors (Lipinski definition) is 0. The molecule has 0 heterocycles. The zero-order valence-corrected chi connectivity index (χ0v) is 25.2. The Balaban J connectivity index is 1.42. The number of benzene rings is 10. The SMILES string of the molecule is c1ccc(-c2c(-c3ccc4c(c3)c3ccccc3c3c5ccccc5c5ccccc5c43)c3ccccc3c3ccccc23)cc1. The first-order chi connectivity index (χ1) is 22.9. The van der Waals surface area contributed by atoms with Gasteiger partial charge in [-0.3, -0.25) is 0 Å². The molecule has 46 heavy (non-hydrogen) atoms. The van der Waals surface area contributed by atoms with E-state index in [1.54, 1.807) is 0 Å². The van der Waals surface area contributed by atoms with Gasteiger partial charge in [-0.2, -0.15) is 0 Å². The van der Waals surface area contributed by atoms with E-state index in [0.717, 1.165) is 0 Å². The minimum Gasteiger partial charge on any atom is -0.0622 e. The van der Waals surface area contributed by atoms with E-state index < -0.39 is 0 Å². The van der Waals surface area contributed by atoms with Crippen molar-refractivity contribution in [1.29, 1.82) is 0 Å². The zero-order chi connectivity index (χ0) is 30.2. The van der Waals surface area contributed by atoms with E-state index in [-0.39, 0.29) is 0 Å². The predicted molar refractivity (Wildman–Crippen MR) is 200 cm³/mol. The van der Waals surface area contributed by atoms with E-state index in [9.17, 15) is 0 Å². The maximum atomic E-state index is 2.46. The van der Waals surface area contributed by atoms with Crippen molar-refractivity contribution in [2.45, 2.75) is 0 Å². The lowest BCUT2D eigenvalue weighted by molar-refractivity contribution is 1.64. The summed E-state index contributed by atoms with van der Waals surface area (Å²) in [4.78, 5) is 0. The highest BCUT2D eigenvalue weighted by Crippen LogP contribution is 2.48. The van der Waals surface area contributed by atoms with Crippen molar-refractivity contribution in [3.8, 4) is 22.3 Å². The fourth-order valence-corrected chi connectivity index (χ4v) is 8.12. The van der Waals surface area contributed by atoms with Crippen molar-refractivity contribution in [1.82, 2.24) is 0 Å². The van der Waals surface area contributed by atoms with E-state index in [1.807, 2.05) is 0 Å². The van der Waals surface area contributed by atoms with Crippen molar-refractivity contribution < 1.29 is 0 Å². The van der Waals surface area contributed by atoms with Gasteiger partial charge in [-0.15, -0.1) is 0 Å². The van der Waals surface area contributed by atoms with Crippen molar-refractivity contribution in [2.75, 3.05) is 0 Å². The molecule has 0 unspecified atom stereocenters. The van der Waals surface area contributed by atoms with Crippen LogP contribution in [0, 0.1) is 0 Å². The molecule has 0 aliphatic rings. The summed E-state index contributed by atoms with van der Waals surface area (Å²) in [6, 6.07) is 62.7. The summed E-state index contributed by atoms with van der Waals surface area (Å²) in [6.07, 6.45) is 0. The van der Waals surface area contributed by atoms with Gasteiger partial charge in [-0.1, -0.05) is 164 Å². The van der Waals surface area contributed by atoms with Crippen LogP contribution in [0.4, 0.5) is 0 Å². The third-order valence-corrected chi connectivity index (χ3v) is 9.99. The molecule has 0 radical (unpaired) electrons. The largest absolute Gasteiger partial charge is 0.0622 e. The molecular formula is C46H28. The lowest BCUT2D eigenvalue weighted by atomic mass is 9.83. The number of fused-ring (bicyclic) bond motifs is 14. The third-order valence-electron chi connectivity index (χ3n) is 9.99. The normalized spacial score (nSPS) is 11.9. The van der Waals surface area contributed by atoms with Gasteiger partial charge in [0.2, 0.25) is 0 Å². The maximum Gasteiger partial charge on any atom is -0.00139 e. The van der Waals surface area contributed by atoms with Crippen LogP contribution < -0.4 is 0 Å². The highest BCUT2D eigenvalue weighted by atomic mass is 14.2. The molecule has 0 saturated heterocycles. The highest BCUT2D eigenvalue weighted by molar-refractivity contribution is 6.39. The van der Waals surface area contributed by atoms with Crippen LogP contribution >= 0.6 is 0 Å². The lowest BCUT2D eigenvalue weighted by Crippen LogP contribution is -1.93. The van der Waals surface area contributed by atoms with Crippen LogP contribution in [0.2, 0.25) is 0 Å². The van der Waals surface area contributed by atoms with Crippen LogP contribution in [0.1, 0.15) is 0 Å². The summed E-state index contributed by atoms with van der Waals surface area (Å²) in [5.74, 6) is 0. The Kier molecular flexibility index (Phi) is 5.38. The lowest BCUT2D eigenvalue weighted by Gasteiger charge is -2.20. The van der Waals surface area contributed by atoms with Gasteiger partial charge in [-0.05, 0) is 104 Å². The predicted octanol–water partition coefficient (Wildman–Crippen LogP) is 13.1. The summed E-state index contributed by atoms with van der Waals surface area (Å²) in [6.45, 7) is 0. The van der Waals surface area contributed by atoms with E-state index in [4.69, 9.17) is 0 Å². The summed E-state index contributed by atoms with van der Waals surface area (Å²) < 4.78 is 0. The molecule has 10 aromatic rings. The van der Waals surface area contributed by atoms with Crippen LogP contribution in [0.25, 0.3) is 97.7 Å². The summed E-state index contributed by atoms with van der Waals surface area (Å²) >= 11 is 0. The van der Waals surface area contributed by atoms with Crippen LogP contribution in [-0.4, -0.2) is 0 Å². The Hall–Kier alpha value is -5.98. The molecule has 0 nitrogen and oxygen atoms in total. The molecule has 212 valence electrons. The Morgan fingerprint density at radius 2 is 0.522 bits per heavy atom. The average molecular weight is 581 g/mol. The Labute approximate surface area is 266 Å². The summed E-state index contributed by atoms with van der Waals surface area (Å²) in [5, 5.41) is 18.2. The summed E-state index contributed by atoms with van der Waals surface area (Å²) in [5.41, 5.74) is 5.05. The van der Waals surface area contributed by atoms with Gasteiger partial charge in [0.05, 0.1) is 0 Å². The molecule has 10 aromatic carbocycles. The second-order valence-corrected chi connectivity index (χ2v) is 12.4. The molecule has 0 atom stereocenters. The van der Waals surface area contributed by atoms with Crippen LogP contribution in [0.15, 0.2) is 170 Å². The minimum absolute atomic E-state index is 1.24. The highest BCUT2D eigenvalue weighted by Gasteiger charge is 2.20. The third kappa shape index (κ3) is 3.50. The van der Waals surface area contributed by atoms with Crippen LogP contribution in [0.3, 0.4) is 0 Å². The molecule has 0 aromatic heterocycles. The molecular weight excluding hydrogens is 553 g/mol. The van der Waals surface area contributed by atoms with Gasteiger partial charge < -0.3 is 0 Å². The topological polar surface area (TPSA) is 0 Å². The zero-order valence-electron chi connectivity index (χ0n) is 25.2. The van der Waals surface area contributed by atoms with Gasteiger partial charge in [0, 0.05) is 0 Å². The first kappa shape index (κ1) is 25.4. The van der Waals surface area contributed by atoms with E-state index in [1.165, 1.54) is 97.7 Å². The first-order valence-electron chi connectivity index (χ1n) is 16.0. The molecule has 0 N–H and O–H groups in total. The van der Waals surface area contributed by atoms with E-state index in [0.29, 0.717) is 0 Å². The van der Waals surface area contributed by atoms with Gasteiger partial charge in [-0.25, -0.2) is 0 Å². The molecule has 10 rings (SSSR count). The molecule has 0 aliphatic heterocycles. The second kappa shape index (κ2) is 9.76. The van der Waals surface area contributed by atoms with Gasteiger partial charge in [0.1, 0.15) is 0 Å². The van der Waals surface area contributed by atoms with Gasteiger partial charge >= 0.3 is 0 Å². The summed E-state index contributed by atoms with van der Waals surface area (Å²) in [7, 11) is 0. The van der Waals surface area contributed by atoms with E-state index >= 15 is 0 Å². The second-order valence-electron chi connectivity index (χ2n) is 12.4. The molecule has 0 aliphatic carbocycles. The average Bonchev–Trinajstić information content (AvgIpc) is 3.14. The standard InChI is InChI=1S/C46H28/c1-2-14-29(15-3-1)43-36-21-9-4-16-31(36)32-17-5-10-22-37(32)44(43)30-26-27-41-42(28-30)35-20-8-13-25-40(35)45-38-23-11-6-18-33(38)34-19-7-12-24-39(34)46(41)45/h1-28H. The quantitative estimate of drug-likeness (QED) is 0.178. The minimum atomic E-state index is 1.24. The number of hydrogen-bond donors (Lipinski definition) is 0. The van der Waals surface area contributed by atoms with Crippen molar-refractivity contribution in [3.63, 3.8) is 0 Å². The number of rotatable bonds is 2. The Morgan fingerprint density at radius 3 is 1.00 bits per heavy atom. The van der Waals surface area contributed by atoms with Crippen LogP contribution in [0.5, 0.6) is 0 Å². The van der Waals surface area contributed by atoms with E-state index in [2.05, 4.69) is 170 Å². The monoisotopic (exact) mass is 580 g/mol. The van der Waals surface area contributed by atoms with Crippen molar-refractivity contribution in [2.24, 2.45) is 0 Å². The Morgan fingerprint density at radius 1 is 0.196 bits per heavy atom. The molecule has 0 fully saturated rings. The van der Waals surface area contributed by atoms with Crippen molar-refractivity contribution in [3.05, 3.63) is 170 Å². The molecule has 0 amide bonds. The van der Waals surface area contributed by atoms with Crippen molar-refractivity contribution >= 4 is 75.4 Å². The fraction of sp³-hybridized carbons (Fsp3) is 0. The maximum absolute atomic E-state index is 2.46. The van der Waals surface area contributed by atoms with Gasteiger partial charge in [0.15, 0.2) is 0 Å². The Bertz CT molecular complexity index is 2840. The molecule has 0 saturated carbocycles. The smallest absolute Gasteiger partial charge is 0.00139 e. The molecule has 0 heteroatoms. The molecule has 0 bridgehead atoms. The fourth-order valence-electron chi connectivity index (χ4n) is 8.12. The first-order valence-corrected chi connectivity index (χ1v) is 16.0. The molecule has 0 spiro atoms.